The summed E-state index contributed by atoms with van der Waals surface area (Å²) in [6.45, 7) is 5.19. The Bertz CT molecular complexity index is 198. The maximum absolute atomic E-state index is 8.80. The van der Waals surface area contributed by atoms with Gasteiger partial charge in [0.25, 0.3) is 0 Å². The third-order valence-corrected chi connectivity index (χ3v) is 1.09. The molecule has 1 rings (SSSR count). The van der Waals surface area contributed by atoms with Crippen molar-refractivity contribution < 1.29 is 5.11 Å². The third-order valence-electron chi connectivity index (χ3n) is 1.09. The fourth-order valence-corrected chi connectivity index (χ4v) is 0.585. The summed E-state index contributed by atoms with van der Waals surface area (Å²) in [5.74, 6) is 0.264. The highest BCUT2D eigenvalue weighted by atomic mass is 16.3. The van der Waals surface area contributed by atoms with Gasteiger partial charge < -0.3 is 5.11 Å². The number of phenolic OH excluding ortho intramolecular Hbond substituents is 1. The molecule has 0 saturated heterocycles. The summed E-state index contributed by atoms with van der Waals surface area (Å²) in [5.41, 5.74) is 0.910. The Kier molecular flexibility index (Phi) is 1.54. The van der Waals surface area contributed by atoms with E-state index in [0.717, 1.165) is 5.56 Å². The average molecular weight is 119 g/mol. The topological polar surface area (TPSA) is 20.2 Å². The van der Waals surface area contributed by atoms with Crippen LogP contribution in [-0.2, 0) is 0 Å². The van der Waals surface area contributed by atoms with Gasteiger partial charge in [-0.2, -0.15) is 5.56 Å². The summed E-state index contributed by atoms with van der Waals surface area (Å²) in [6.07, 6.45) is 1.49. The first kappa shape index (κ1) is 5.89. The number of hydrogen-bond donors (Lipinski definition) is 1. The van der Waals surface area contributed by atoms with Gasteiger partial charge >= 0.3 is 0 Å². The Morgan fingerprint density at radius 1 is 1.22 bits per heavy atom. The number of phenols is 1. The van der Waals surface area contributed by atoms with Crippen molar-refractivity contribution in [2.45, 2.75) is 0 Å². The van der Waals surface area contributed by atoms with Gasteiger partial charge in [0.15, 0.2) is 0 Å². The van der Waals surface area contributed by atoms with E-state index >= 15 is 0 Å². The van der Waals surface area contributed by atoms with Crippen molar-refractivity contribution in [1.82, 2.24) is 0 Å². The second-order valence-electron chi connectivity index (χ2n) is 1.76. The molecule has 0 amide bonds. The van der Waals surface area contributed by atoms with E-state index in [1.54, 1.807) is 24.3 Å². The molecule has 0 radical (unpaired) electrons. The Morgan fingerprint density at radius 2 is 1.78 bits per heavy atom. The Hall–Kier alpha value is -1.24. The Labute approximate surface area is 54.3 Å². The Balaban J connectivity index is 3.01. The molecule has 1 nitrogen and oxygen atoms in total. The molecule has 0 bridgehead atoms. The van der Waals surface area contributed by atoms with Crippen molar-refractivity contribution in [2.75, 3.05) is 0 Å². The van der Waals surface area contributed by atoms with Crippen molar-refractivity contribution in [3.8, 4) is 5.75 Å². The van der Waals surface area contributed by atoms with E-state index in [9.17, 15) is 0 Å². The summed E-state index contributed by atoms with van der Waals surface area (Å²) in [5, 5.41) is 8.80. The van der Waals surface area contributed by atoms with Gasteiger partial charge in [-0.15, -0.1) is 12.1 Å². The molecular weight excluding hydrogens is 112 g/mol. The van der Waals surface area contributed by atoms with E-state index in [0.29, 0.717) is 0 Å². The van der Waals surface area contributed by atoms with Crippen LogP contribution in [-0.4, -0.2) is 5.11 Å². The molecule has 0 atom stereocenters. The van der Waals surface area contributed by atoms with Crippen LogP contribution in [0, 0.1) is 6.58 Å². The third kappa shape index (κ3) is 1.32. The van der Waals surface area contributed by atoms with Crippen LogP contribution in [0.4, 0.5) is 0 Å². The number of hydrogen-bond acceptors (Lipinski definition) is 1. The van der Waals surface area contributed by atoms with Crippen molar-refractivity contribution in [3.63, 3.8) is 0 Å². The first-order chi connectivity index (χ1) is 4.33. The summed E-state index contributed by atoms with van der Waals surface area (Å²) >= 11 is 0. The van der Waals surface area contributed by atoms with E-state index < -0.39 is 0 Å². The summed E-state index contributed by atoms with van der Waals surface area (Å²) in [4.78, 5) is 0. The first-order valence-electron chi connectivity index (χ1n) is 2.67. The van der Waals surface area contributed by atoms with Crippen LogP contribution in [0.15, 0.2) is 24.3 Å². The minimum absolute atomic E-state index is 0.264. The van der Waals surface area contributed by atoms with E-state index in [1.807, 2.05) is 0 Å². The Morgan fingerprint density at radius 3 is 2.22 bits per heavy atom. The lowest BCUT2D eigenvalue weighted by atomic mass is 10.2. The minimum atomic E-state index is 0.264. The molecule has 0 aromatic heterocycles. The quantitative estimate of drug-likeness (QED) is 0.559. The first-order valence-corrected chi connectivity index (χ1v) is 2.67. The molecular formula is C8H7O-. The monoisotopic (exact) mass is 119 g/mol. The summed E-state index contributed by atoms with van der Waals surface area (Å²) < 4.78 is 0. The summed E-state index contributed by atoms with van der Waals surface area (Å²) in [6, 6.07) is 6.68. The van der Waals surface area contributed by atoms with Crippen molar-refractivity contribution in [1.29, 1.82) is 0 Å². The standard InChI is InChI=1S/C8H7O/c1-2-7-3-5-8(9)6-4-7/h1-6,9H/q-1. The van der Waals surface area contributed by atoms with Crippen molar-refractivity contribution >= 4 is 6.08 Å². The second kappa shape index (κ2) is 2.35. The van der Waals surface area contributed by atoms with Crippen LogP contribution in [0.5, 0.6) is 5.75 Å². The fraction of sp³-hybridized carbons (Fsp3) is 0. The smallest absolute Gasteiger partial charge is 0.112 e. The highest BCUT2D eigenvalue weighted by molar-refractivity contribution is 5.46. The lowest BCUT2D eigenvalue weighted by Gasteiger charge is -1.98. The SMILES string of the molecule is [CH-]=Cc1ccc(O)cc1. The predicted octanol–water partition coefficient (Wildman–Crippen LogP) is 1.84. The molecule has 1 aromatic carbocycles. The van der Waals surface area contributed by atoms with Crippen LogP contribution in [0.2, 0.25) is 0 Å². The maximum Gasteiger partial charge on any atom is 0.112 e. The summed E-state index contributed by atoms with van der Waals surface area (Å²) in [7, 11) is 0. The van der Waals surface area contributed by atoms with Crippen LogP contribution in [0.1, 0.15) is 5.56 Å². The molecule has 0 aliphatic heterocycles. The van der Waals surface area contributed by atoms with Crippen LogP contribution < -0.4 is 0 Å². The lowest BCUT2D eigenvalue weighted by Crippen LogP contribution is -1.67. The maximum atomic E-state index is 8.80. The van der Waals surface area contributed by atoms with Gasteiger partial charge in [-0.3, -0.25) is 6.58 Å². The van der Waals surface area contributed by atoms with E-state index in [2.05, 4.69) is 0 Å². The fourth-order valence-electron chi connectivity index (χ4n) is 0.585. The van der Waals surface area contributed by atoms with Crippen molar-refractivity contribution in [2.24, 2.45) is 0 Å². The zero-order valence-electron chi connectivity index (χ0n) is 4.91. The molecule has 0 heterocycles. The molecule has 1 heteroatoms. The molecule has 0 fully saturated rings. The molecule has 1 N–H and O–H groups in total. The molecule has 0 unspecified atom stereocenters. The molecule has 0 aliphatic rings. The zero-order chi connectivity index (χ0) is 6.69. The predicted molar refractivity (Wildman–Crippen MR) is 36.9 cm³/mol. The largest absolute Gasteiger partial charge is 0.508 e. The number of rotatable bonds is 1. The normalized spacial score (nSPS) is 8.89. The van der Waals surface area contributed by atoms with Gasteiger partial charge in [-0.1, -0.05) is 0 Å². The minimum Gasteiger partial charge on any atom is -0.508 e. The van der Waals surface area contributed by atoms with Crippen molar-refractivity contribution in [3.05, 3.63) is 36.4 Å². The van der Waals surface area contributed by atoms with Gasteiger partial charge in [0.05, 0.1) is 0 Å². The number of aromatic hydroxyl groups is 1. The van der Waals surface area contributed by atoms with Gasteiger partial charge in [0.2, 0.25) is 0 Å². The highest BCUT2D eigenvalue weighted by Crippen LogP contribution is 2.09. The van der Waals surface area contributed by atoms with E-state index in [4.69, 9.17) is 11.7 Å². The molecule has 0 spiro atoms. The van der Waals surface area contributed by atoms with Crippen LogP contribution >= 0.6 is 0 Å². The lowest BCUT2D eigenvalue weighted by molar-refractivity contribution is 0.475. The van der Waals surface area contributed by atoms with Crippen LogP contribution in [0.3, 0.4) is 0 Å². The molecule has 46 valence electrons. The van der Waals surface area contributed by atoms with Crippen LogP contribution in [0.25, 0.3) is 6.08 Å². The second-order valence-corrected chi connectivity index (χ2v) is 1.76. The van der Waals surface area contributed by atoms with Gasteiger partial charge in [-0.25, -0.2) is 6.08 Å². The number of benzene rings is 1. The van der Waals surface area contributed by atoms with E-state index in [-0.39, 0.29) is 5.75 Å². The van der Waals surface area contributed by atoms with Gasteiger partial charge in [0, 0.05) is 0 Å². The average Bonchev–Trinajstić information content (AvgIpc) is 1.90. The molecule has 1 aromatic rings. The zero-order valence-corrected chi connectivity index (χ0v) is 4.91. The molecule has 9 heavy (non-hydrogen) atoms. The van der Waals surface area contributed by atoms with Gasteiger partial charge in [0.1, 0.15) is 5.75 Å². The molecule has 0 saturated carbocycles. The molecule has 0 aliphatic carbocycles. The van der Waals surface area contributed by atoms with E-state index in [1.165, 1.54) is 6.08 Å². The highest BCUT2D eigenvalue weighted by Gasteiger charge is 1.77. The van der Waals surface area contributed by atoms with Gasteiger partial charge in [-0.05, 0) is 12.1 Å².